The van der Waals surface area contributed by atoms with Crippen molar-refractivity contribution in [3.05, 3.63) is 36.2 Å². The number of hydrogen-bond donors (Lipinski definition) is 1. The molecule has 1 N–H and O–H groups in total. The first kappa shape index (κ1) is 9.54. The van der Waals surface area contributed by atoms with Gasteiger partial charge >= 0.3 is 0 Å². The maximum absolute atomic E-state index is 9.55. The van der Waals surface area contributed by atoms with Crippen molar-refractivity contribution < 1.29 is 5.11 Å². The van der Waals surface area contributed by atoms with Gasteiger partial charge < -0.3 is 9.67 Å². The molecule has 4 heteroatoms. The van der Waals surface area contributed by atoms with Crippen molar-refractivity contribution in [2.45, 2.75) is 25.5 Å². The van der Waals surface area contributed by atoms with E-state index in [9.17, 15) is 5.11 Å². The molecule has 1 aromatic carbocycles. The Kier molecular flexibility index (Phi) is 2.22. The second kappa shape index (κ2) is 3.72. The first-order valence-corrected chi connectivity index (χ1v) is 5.50. The van der Waals surface area contributed by atoms with Crippen molar-refractivity contribution in [2.24, 2.45) is 0 Å². The van der Waals surface area contributed by atoms with Gasteiger partial charge in [0.25, 0.3) is 0 Å². The number of benzene rings is 1. The molecule has 82 valence electrons. The summed E-state index contributed by atoms with van der Waals surface area (Å²) < 4.78 is 2.10. The van der Waals surface area contributed by atoms with Crippen LogP contribution in [0, 0.1) is 0 Å². The van der Waals surface area contributed by atoms with E-state index in [1.54, 1.807) is 0 Å². The average molecular weight is 215 g/mol. The van der Waals surface area contributed by atoms with E-state index in [-0.39, 0.29) is 6.10 Å². The molecule has 0 spiro atoms. The molecule has 0 amide bonds. The number of fused-ring (bicyclic) bond motifs is 1. The number of rotatable bonds is 1. The van der Waals surface area contributed by atoms with Crippen molar-refractivity contribution >= 4 is 0 Å². The molecule has 1 atom stereocenters. The summed E-state index contributed by atoms with van der Waals surface area (Å²) in [5.74, 6) is 1.79. The van der Waals surface area contributed by atoms with Crippen LogP contribution in [-0.4, -0.2) is 26.0 Å². The maximum Gasteiger partial charge on any atom is 0.163 e. The zero-order valence-electron chi connectivity index (χ0n) is 8.87. The van der Waals surface area contributed by atoms with Crippen LogP contribution in [0.3, 0.4) is 0 Å². The molecule has 0 saturated carbocycles. The van der Waals surface area contributed by atoms with Crippen LogP contribution in [0.4, 0.5) is 0 Å². The Morgan fingerprint density at radius 3 is 2.81 bits per heavy atom. The van der Waals surface area contributed by atoms with Gasteiger partial charge in [0.15, 0.2) is 5.82 Å². The van der Waals surface area contributed by atoms with Gasteiger partial charge in [-0.2, -0.15) is 0 Å². The highest BCUT2D eigenvalue weighted by molar-refractivity contribution is 5.55. The molecule has 16 heavy (non-hydrogen) atoms. The minimum absolute atomic E-state index is 0.264. The summed E-state index contributed by atoms with van der Waals surface area (Å²) in [5, 5.41) is 17.9. The van der Waals surface area contributed by atoms with Crippen molar-refractivity contribution in [1.29, 1.82) is 0 Å². The lowest BCUT2D eigenvalue weighted by molar-refractivity contribution is 0.142. The van der Waals surface area contributed by atoms with Crippen molar-refractivity contribution in [3.8, 4) is 11.4 Å². The Morgan fingerprint density at radius 1 is 1.19 bits per heavy atom. The smallest absolute Gasteiger partial charge is 0.163 e. The third-order valence-electron chi connectivity index (χ3n) is 2.96. The highest BCUT2D eigenvalue weighted by atomic mass is 16.3. The molecule has 0 saturated heterocycles. The number of aromatic nitrogens is 3. The maximum atomic E-state index is 9.55. The Bertz CT molecular complexity index is 492. The van der Waals surface area contributed by atoms with Gasteiger partial charge in [-0.25, -0.2) is 0 Å². The molecule has 2 heterocycles. The molecule has 0 aliphatic carbocycles. The van der Waals surface area contributed by atoms with Crippen LogP contribution in [-0.2, 0) is 13.0 Å². The quantitative estimate of drug-likeness (QED) is 0.779. The summed E-state index contributed by atoms with van der Waals surface area (Å²) in [6.07, 6.45) is 1.13. The largest absolute Gasteiger partial charge is 0.393 e. The second-order valence-electron chi connectivity index (χ2n) is 4.10. The fourth-order valence-electron chi connectivity index (χ4n) is 2.11. The Labute approximate surface area is 93.6 Å². The first-order chi connectivity index (χ1) is 7.84. The van der Waals surface area contributed by atoms with Gasteiger partial charge in [-0.15, -0.1) is 10.2 Å². The SMILES string of the molecule is OC1CCn2c(nnc2-c2ccccc2)C1. The molecule has 2 aromatic rings. The van der Waals surface area contributed by atoms with Gasteiger partial charge in [-0.3, -0.25) is 0 Å². The van der Waals surface area contributed by atoms with E-state index >= 15 is 0 Å². The predicted molar refractivity (Wildman–Crippen MR) is 59.8 cm³/mol. The number of aliphatic hydroxyl groups excluding tert-OH is 1. The molecular weight excluding hydrogens is 202 g/mol. The van der Waals surface area contributed by atoms with Gasteiger partial charge in [0.05, 0.1) is 6.10 Å². The molecule has 4 nitrogen and oxygen atoms in total. The van der Waals surface area contributed by atoms with Crippen LogP contribution in [0.5, 0.6) is 0 Å². The van der Waals surface area contributed by atoms with Gasteiger partial charge in [-0.05, 0) is 6.42 Å². The summed E-state index contributed by atoms with van der Waals surface area (Å²) in [5.41, 5.74) is 1.08. The Morgan fingerprint density at radius 2 is 2.00 bits per heavy atom. The number of nitrogens with zero attached hydrogens (tertiary/aromatic N) is 3. The minimum atomic E-state index is -0.264. The van der Waals surface area contributed by atoms with Gasteiger partial charge in [-0.1, -0.05) is 30.3 Å². The van der Waals surface area contributed by atoms with Gasteiger partial charge in [0.1, 0.15) is 5.82 Å². The number of aliphatic hydroxyl groups is 1. The summed E-state index contributed by atoms with van der Waals surface area (Å²) >= 11 is 0. The molecule has 3 rings (SSSR count). The topological polar surface area (TPSA) is 50.9 Å². The van der Waals surface area contributed by atoms with Crippen LogP contribution in [0.1, 0.15) is 12.2 Å². The molecule has 0 fully saturated rings. The van der Waals surface area contributed by atoms with E-state index in [1.807, 2.05) is 30.3 Å². The Balaban J connectivity index is 2.04. The van der Waals surface area contributed by atoms with Crippen molar-refractivity contribution in [2.75, 3.05) is 0 Å². The van der Waals surface area contributed by atoms with Crippen LogP contribution in [0.15, 0.2) is 30.3 Å². The molecule has 1 aromatic heterocycles. The average Bonchev–Trinajstić information content (AvgIpc) is 2.73. The lowest BCUT2D eigenvalue weighted by Crippen LogP contribution is -2.23. The Hall–Kier alpha value is -1.68. The molecule has 1 aliphatic heterocycles. The van der Waals surface area contributed by atoms with E-state index in [0.29, 0.717) is 6.42 Å². The van der Waals surface area contributed by atoms with E-state index < -0.39 is 0 Å². The molecule has 1 aliphatic rings. The van der Waals surface area contributed by atoms with E-state index in [1.165, 1.54) is 0 Å². The number of hydrogen-bond acceptors (Lipinski definition) is 3. The predicted octanol–water partition coefficient (Wildman–Crippen LogP) is 1.25. The van der Waals surface area contributed by atoms with E-state index in [4.69, 9.17) is 0 Å². The van der Waals surface area contributed by atoms with Gasteiger partial charge in [0.2, 0.25) is 0 Å². The summed E-state index contributed by atoms with van der Waals surface area (Å²) in [6, 6.07) is 10.0. The van der Waals surface area contributed by atoms with E-state index in [2.05, 4.69) is 14.8 Å². The standard InChI is InChI=1S/C12H13N3O/c16-10-6-7-15-11(8-10)13-14-12(15)9-4-2-1-3-5-9/h1-5,10,16H,6-8H2. The summed E-state index contributed by atoms with van der Waals surface area (Å²) in [4.78, 5) is 0. The zero-order chi connectivity index (χ0) is 11.0. The zero-order valence-corrected chi connectivity index (χ0v) is 8.87. The third kappa shape index (κ3) is 1.51. The minimum Gasteiger partial charge on any atom is -0.393 e. The van der Waals surface area contributed by atoms with Crippen molar-refractivity contribution in [1.82, 2.24) is 14.8 Å². The van der Waals surface area contributed by atoms with Gasteiger partial charge in [0, 0.05) is 18.5 Å². The third-order valence-corrected chi connectivity index (χ3v) is 2.96. The highest BCUT2D eigenvalue weighted by Gasteiger charge is 2.21. The molecule has 1 unspecified atom stereocenters. The molecule has 0 radical (unpaired) electrons. The highest BCUT2D eigenvalue weighted by Crippen LogP contribution is 2.22. The van der Waals surface area contributed by atoms with Crippen LogP contribution in [0.2, 0.25) is 0 Å². The molecule has 0 bridgehead atoms. The van der Waals surface area contributed by atoms with Crippen molar-refractivity contribution in [3.63, 3.8) is 0 Å². The summed E-state index contributed by atoms with van der Waals surface area (Å²) in [6.45, 7) is 0.799. The normalized spacial score (nSPS) is 19.4. The van der Waals surface area contributed by atoms with Crippen LogP contribution < -0.4 is 0 Å². The van der Waals surface area contributed by atoms with Crippen LogP contribution >= 0.6 is 0 Å². The fraction of sp³-hybridized carbons (Fsp3) is 0.333. The lowest BCUT2D eigenvalue weighted by atomic mass is 10.1. The van der Waals surface area contributed by atoms with Crippen LogP contribution in [0.25, 0.3) is 11.4 Å². The lowest BCUT2D eigenvalue weighted by Gasteiger charge is -2.19. The second-order valence-corrected chi connectivity index (χ2v) is 4.10. The fourth-order valence-corrected chi connectivity index (χ4v) is 2.11. The first-order valence-electron chi connectivity index (χ1n) is 5.50. The van der Waals surface area contributed by atoms with E-state index in [0.717, 1.165) is 30.2 Å². The monoisotopic (exact) mass is 215 g/mol. The summed E-state index contributed by atoms with van der Waals surface area (Å²) in [7, 11) is 0. The molecular formula is C12H13N3O.